The molecule has 6 heteroatoms. The maximum atomic E-state index is 12.5. The highest BCUT2D eigenvalue weighted by Gasteiger charge is 2.32. The third-order valence-electron chi connectivity index (χ3n) is 4.34. The Kier molecular flexibility index (Phi) is 4.22. The van der Waals surface area contributed by atoms with Gasteiger partial charge in [0.15, 0.2) is 5.75 Å². The third-order valence-corrected chi connectivity index (χ3v) is 4.34. The first-order valence-corrected chi connectivity index (χ1v) is 7.67. The molecule has 0 radical (unpaired) electrons. The standard InChI is InChI=1S/C15H22N4O2/c1-21-13-9-16-15(17-10-13)19-8-5-12(11-19)14(20)18-6-3-2-4-7-18/h9-10,12H,2-8,11H2,1H3. The lowest BCUT2D eigenvalue weighted by molar-refractivity contribution is -0.135. The summed E-state index contributed by atoms with van der Waals surface area (Å²) in [6.07, 6.45) is 7.77. The highest BCUT2D eigenvalue weighted by Crippen LogP contribution is 2.24. The predicted octanol–water partition coefficient (Wildman–Crippen LogP) is 1.32. The Hall–Kier alpha value is -1.85. The van der Waals surface area contributed by atoms with E-state index in [4.69, 9.17) is 4.74 Å². The minimum absolute atomic E-state index is 0.0915. The van der Waals surface area contributed by atoms with Crippen LogP contribution in [0.2, 0.25) is 0 Å². The van der Waals surface area contributed by atoms with Gasteiger partial charge in [0.25, 0.3) is 0 Å². The Morgan fingerprint density at radius 1 is 1.19 bits per heavy atom. The van der Waals surface area contributed by atoms with Gasteiger partial charge in [-0.1, -0.05) is 0 Å². The molecule has 2 aliphatic rings. The first kappa shape index (κ1) is 14.1. The van der Waals surface area contributed by atoms with Crippen LogP contribution in [-0.4, -0.2) is 54.1 Å². The fourth-order valence-corrected chi connectivity index (χ4v) is 3.09. The second-order valence-corrected chi connectivity index (χ2v) is 5.74. The minimum Gasteiger partial charge on any atom is -0.494 e. The average molecular weight is 290 g/mol. The summed E-state index contributed by atoms with van der Waals surface area (Å²) in [4.78, 5) is 25.2. The van der Waals surface area contributed by atoms with Crippen LogP contribution in [0.5, 0.6) is 5.75 Å². The van der Waals surface area contributed by atoms with Gasteiger partial charge in [0.1, 0.15) is 0 Å². The van der Waals surface area contributed by atoms with Gasteiger partial charge in [-0.2, -0.15) is 0 Å². The smallest absolute Gasteiger partial charge is 0.227 e. The molecular weight excluding hydrogens is 268 g/mol. The highest BCUT2D eigenvalue weighted by atomic mass is 16.5. The zero-order valence-electron chi connectivity index (χ0n) is 12.5. The number of carbonyl (C=O) groups excluding carboxylic acids is 1. The maximum Gasteiger partial charge on any atom is 0.227 e. The van der Waals surface area contributed by atoms with Gasteiger partial charge in [0, 0.05) is 26.2 Å². The number of ether oxygens (including phenoxy) is 1. The van der Waals surface area contributed by atoms with E-state index in [2.05, 4.69) is 14.9 Å². The predicted molar refractivity (Wildman–Crippen MR) is 79.3 cm³/mol. The van der Waals surface area contributed by atoms with Gasteiger partial charge in [-0.25, -0.2) is 9.97 Å². The van der Waals surface area contributed by atoms with Crippen LogP contribution in [0.25, 0.3) is 0 Å². The van der Waals surface area contributed by atoms with Crippen LogP contribution in [0.15, 0.2) is 12.4 Å². The van der Waals surface area contributed by atoms with Gasteiger partial charge < -0.3 is 14.5 Å². The van der Waals surface area contributed by atoms with Crippen molar-refractivity contribution >= 4 is 11.9 Å². The molecule has 114 valence electrons. The van der Waals surface area contributed by atoms with E-state index in [-0.39, 0.29) is 5.92 Å². The zero-order valence-corrected chi connectivity index (χ0v) is 12.5. The van der Waals surface area contributed by atoms with Crippen molar-refractivity contribution in [3.63, 3.8) is 0 Å². The number of hydrogen-bond acceptors (Lipinski definition) is 5. The molecule has 0 aliphatic carbocycles. The summed E-state index contributed by atoms with van der Waals surface area (Å²) in [7, 11) is 1.60. The number of rotatable bonds is 3. The van der Waals surface area contributed by atoms with E-state index in [0.29, 0.717) is 17.6 Å². The van der Waals surface area contributed by atoms with Crippen molar-refractivity contribution in [1.82, 2.24) is 14.9 Å². The zero-order chi connectivity index (χ0) is 14.7. The van der Waals surface area contributed by atoms with Crippen LogP contribution in [0.4, 0.5) is 5.95 Å². The molecule has 1 aromatic heterocycles. The molecule has 1 unspecified atom stereocenters. The largest absolute Gasteiger partial charge is 0.494 e. The van der Waals surface area contributed by atoms with Gasteiger partial charge in [0.05, 0.1) is 25.4 Å². The SMILES string of the molecule is COc1cnc(N2CCC(C(=O)N3CCCCC3)C2)nc1. The van der Waals surface area contributed by atoms with Crippen molar-refractivity contribution in [2.24, 2.45) is 5.92 Å². The van der Waals surface area contributed by atoms with Crippen molar-refractivity contribution in [2.75, 3.05) is 38.2 Å². The quantitative estimate of drug-likeness (QED) is 0.840. The lowest BCUT2D eigenvalue weighted by atomic mass is 10.0. The van der Waals surface area contributed by atoms with Crippen molar-refractivity contribution in [1.29, 1.82) is 0 Å². The van der Waals surface area contributed by atoms with Crippen LogP contribution >= 0.6 is 0 Å². The number of carbonyl (C=O) groups is 1. The van der Waals surface area contributed by atoms with Crippen molar-refractivity contribution < 1.29 is 9.53 Å². The Morgan fingerprint density at radius 2 is 1.90 bits per heavy atom. The topological polar surface area (TPSA) is 58.6 Å². The van der Waals surface area contributed by atoms with Crippen LogP contribution in [0.3, 0.4) is 0 Å². The lowest BCUT2D eigenvalue weighted by Gasteiger charge is -2.29. The molecule has 3 heterocycles. The second kappa shape index (κ2) is 6.28. The van der Waals surface area contributed by atoms with Gasteiger partial charge in [-0.05, 0) is 25.7 Å². The molecule has 21 heavy (non-hydrogen) atoms. The summed E-state index contributed by atoms with van der Waals surface area (Å²) in [6, 6.07) is 0. The summed E-state index contributed by atoms with van der Waals surface area (Å²) in [5.74, 6) is 1.74. The van der Waals surface area contributed by atoms with E-state index in [0.717, 1.165) is 45.4 Å². The van der Waals surface area contributed by atoms with E-state index in [1.54, 1.807) is 19.5 Å². The molecule has 0 aromatic carbocycles. The number of methoxy groups -OCH3 is 1. The summed E-state index contributed by atoms with van der Waals surface area (Å²) in [5, 5.41) is 0. The van der Waals surface area contributed by atoms with E-state index in [1.165, 1.54) is 6.42 Å². The van der Waals surface area contributed by atoms with Crippen LogP contribution < -0.4 is 9.64 Å². The number of hydrogen-bond donors (Lipinski definition) is 0. The third kappa shape index (κ3) is 3.09. The molecule has 2 fully saturated rings. The molecule has 1 aromatic rings. The van der Waals surface area contributed by atoms with Crippen molar-refractivity contribution in [3.05, 3.63) is 12.4 Å². The summed E-state index contributed by atoms with van der Waals surface area (Å²) in [6.45, 7) is 3.42. The van der Waals surface area contributed by atoms with Gasteiger partial charge in [-0.3, -0.25) is 4.79 Å². The van der Waals surface area contributed by atoms with E-state index in [9.17, 15) is 4.79 Å². The Morgan fingerprint density at radius 3 is 2.57 bits per heavy atom. The number of nitrogens with zero attached hydrogens (tertiary/aromatic N) is 4. The number of likely N-dealkylation sites (tertiary alicyclic amines) is 1. The van der Waals surface area contributed by atoms with E-state index >= 15 is 0 Å². The average Bonchev–Trinajstić information content (AvgIpc) is 3.05. The van der Waals surface area contributed by atoms with Crippen LogP contribution in [-0.2, 0) is 4.79 Å². The molecule has 6 nitrogen and oxygen atoms in total. The summed E-state index contributed by atoms with van der Waals surface area (Å²) < 4.78 is 5.07. The molecule has 2 saturated heterocycles. The Bertz CT molecular complexity index is 485. The second-order valence-electron chi connectivity index (χ2n) is 5.74. The van der Waals surface area contributed by atoms with E-state index < -0.39 is 0 Å². The molecule has 3 rings (SSSR count). The summed E-state index contributed by atoms with van der Waals surface area (Å²) in [5.41, 5.74) is 0. The molecular formula is C15H22N4O2. The van der Waals surface area contributed by atoms with Gasteiger partial charge in [-0.15, -0.1) is 0 Å². The molecule has 0 saturated carbocycles. The Labute approximate surface area is 125 Å². The van der Waals surface area contributed by atoms with E-state index in [1.807, 2.05) is 4.90 Å². The number of anilines is 1. The normalized spacial score (nSPS) is 22.4. The van der Waals surface area contributed by atoms with Gasteiger partial charge in [0.2, 0.25) is 11.9 Å². The van der Waals surface area contributed by atoms with Crippen molar-refractivity contribution in [2.45, 2.75) is 25.7 Å². The number of amides is 1. The molecule has 1 amide bonds. The van der Waals surface area contributed by atoms with Crippen molar-refractivity contribution in [3.8, 4) is 5.75 Å². The van der Waals surface area contributed by atoms with Crippen LogP contribution in [0, 0.1) is 5.92 Å². The molecule has 0 spiro atoms. The summed E-state index contributed by atoms with van der Waals surface area (Å²) >= 11 is 0. The monoisotopic (exact) mass is 290 g/mol. The maximum absolute atomic E-state index is 12.5. The van der Waals surface area contributed by atoms with Crippen LogP contribution in [0.1, 0.15) is 25.7 Å². The lowest BCUT2D eigenvalue weighted by Crippen LogP contribution is -2.40. The fourth-order valence-electron chi connectivity index (χ4n) is 3.09. The number of aromatic nitrogens is 2. The fraction of sp³-hybridized carbons (Fsp3) is 0.667. The minimum atomic E-state index is 0.0915. The first-order chi connectivity index (χ1) is 10.3. The molecule has 0 N–H and O–H groups in total. The molecule has 0 bridgehead atoms. The Balaban J connectivity index is 1.60. The number of piperidine rings is 1. The molecule has 1 atom stereocenters. The first-order valence-electron chi connectivity index (χ1n) is 7.67. The van der Waals surface area contributed by atoms with Gasteiger partial charge >= 0.3 is 0 Å². The molecule has 2 aliphatic heterocycles. The highest BCUT2D eigenvalue weighted by molar-refractivity contribution is 5.80.